The van der Waals surface area contributed by atoms with Crippen LogP contribution in [-0.4, -0.2) is 17.6 Å². The molecule has 2 rings (SSSR count). The number of thiocarbonyl (C=S) groups is 1. The van der Waals surface area contributed by atoms with Crippen LogP contribution >= 0.6 is 28.1 Å². The Morgan fingerprint density at radius 1 is 1.21 bits per heavy atom. The first-order valence-electron chi connectivity index (χ1n) is 7.36. The van der Waals surface area contributed by atoms with E-state index < -0.39 is 0 Å². The van der Waals surface area contributed by atoms with Gasteiger partial charge < -0.3 is 10.1 Å². The van der Waals surface area contributed by atoms with E-state index in [1.54, 1.807) is 6.08 Å². The van der Waals surface area contributed by atoms with Crippen molar-refractivity contribution < 1.29 is 9.53 Å². The van der Waals surface area contributed by atoms with Gasteiger partial charge in [-0.15, -0.1) is 0 Å². The van der Waals surface area contributed by atoms with Crippen molar-refractivity contribution in [2.75, 3.05) is 11.9 Å². The van der Waals surface area contributed by atoms with Crippen LogP contribution in [0.25, 0.3) is 6.08 Å². The van der Waals surface area contributed by atoms with Gasteiger partial charge >= 0.3 is 0 Å². The van der Waals surface area contributed by atoms with E-state index in [9.17, 15) is 4.79 Å². The molecule has 0 bridgehead atoms. The van der Waals surface area contributed by atoms with Gasteiger partial charge in [0.1, 0.15) is 5.75 Å². The van der Waals surface area contributed by atoms with Crippen LogP contribution < -0.4 is 15.4 Å². The largest absolute Gasteiger partial charge is 0.494 e. The predicted molar refractivity (Wildman–Crippen MR) is 105 cm³/mol. The van der Waals surface area contributed by atoms with Gasteiger partial charge in [0.2, 0.25) is 5.91 Å². The average Bonchev–Trinajstić information content (AvgIpc) is 2.56. The Morgan fingerprint density at radius 3 is 2.58 bits per heavy atom. The lowest BCUT2D eigenvalue weighted by atomic mass is 10.2. The number of halogens is 1. The average molecular weight is 405 g/mol. The second kappa shape index (κ2) is 9.20. The highest BCUT2D eigenvalue weighted by Crippen LogP contribution is 2.20. The minimum Gasteiger partial charge on any atom is -0.494 e. The smallest absolute Gasteiger partial charge is 0.250 e. The lowest BCUT2D eigenvalue weighted by Gasteiger charge is -2.09. The maximum Gasteiger partial charge on any atom is 0.250 e. The van der Waals surface area contributed by atoms with E-state index >= 15 is 0 Å². The summed E-state index contributed by atoms with van der Waals surface area (Å²) in [7, 11) is 0. The van der Waals surface area contributed by atoms with Gasteiger partial charge in [0.25, 0.3) is 0 Å². The summed E-state index contributed by atoms with van der Waals surface area (Å²) in [4.78, 5) is 11.9. The van der Waals surface area contributed by atoms with E-state index in [0.29, 0.717) is 6.61 Å². The summed E-state index contributed by atoms with van der Waals surface area (Å²) >= 11 is 8.54. The Balaban J connectivity index is 1.88. The SMILES string of the molecule is CCOc1ccc(/C=C/C(=O)NC(=S)Nc2ccccc2Br)cc1. The fourth-order valence-corrected chi connectivity index (χ4v) is 2.48. The van der Waals surface area contributed by atoms with Gasteiger partial charge in [-0.25, -0.2) is 0 Å². The third kappa shape index (κ3) is 5.79. The zero-order chi connectivity index (χ0) is 17.4. The molecule has 6 heteroatoms. The van der Waals surface area contributed by atoms with Crippen molar-refractivity contribution >= 4 is 50.9 Å². The summed E-state index contributed by atoms with van der Waals surface area (Å²) in [5.41, 5.74) is 1.69. The van der Waals surface area contributed by atoms with E-state index in [4.69, 9.17) is 17.0 Å². The van der Waals surface area contributed by atoms with Crippen molar-refractivity contribution in [3.8, 4) is 5.75 Å². The molecule has 0 saturated heterocycles. The van der Waals surface area contributed by atoms with Crippen LogP contribution in [0.4, 0.5) is 5.69 Å². The zero-order valence-corrected chi connectivity index (χ0v) is 15.5. The maximum atomic E-state index is 11.9. The lowest BCUT2D eigenvalue weighted by molar-refractivity contribution is -0.115. The molecule has 0 aliphatic rings. The Kier molecular flexibility index (Phi) is 6.96. The minimum absolute atomic E-state index is 0.239. The fourth-order valence-electron chi connectivity index (χ4n) is 1.88. The van der Waals surface area contributed by atoms with Gasteiger partial charge in [-0.1, -0.05) is 24.3 Å². The molecular weight excluding hydrogens is 388 g/mol. The number of benzene rings is 2. The predicted octanol–water partition coefficient (Wildman–Crippen LogP) is 4.37. The van der Waals surface area contributed by atoms with Gasteiger partial charge in [0.15, 0.2) is 5.11 Å². The summed E-state index contributed by atoms with van der Waals surface area (Å²) in [6.07, 6.45) is 3.15. The highest BCUT2D eigenvalue weighted by atomic mass is 79.9. The molecule has 0 aliphatic heterocycles. The van der Waals surface area contributed by atoms with E-state index in [2.05, 4.69) is 26.6 Å². The van der Waals surface area contributed by atoms with Gasteiger partial charge in [0.05, 0.1) is 12.3 Å². The zero-order valence-electron chi connectivity index (χ0n) is 13.1. The Morgan fingerprint density at radius 2 is 1.92 bits per heavy atom. The van der Waals surface area contributed by atoms with Gasteiger partial charge in [-0.3, -0.25) is 10.1 Å². The number of hydrogen-bond donors (Lipinski definition) is 2. The molecule has 0 unspecified atom stereocenters. The lowest BCUT2D eigenvalue weighted by Crippen LogP contribution is -2.32. The molecule has 0 fully saturated rings. The summed E-state index contributed by atoms with van der Waals surface area (Å²) in [6.45, 7) is 2.56. The van der Waals surface area contributed by atoms with Crippen molar-refractivity contribution in [1.29, 1.82) is 0 Å². The number of ether oxygens (including phenoxy) is 1. The van der Waals surface area contributed by atoms with Crippen LogP contribution in [-0.2, 0) is 4.79 Å². The van der Waals surface area contributed by atoms with Crippen LogP contribution in [0.5, 0.6) is 5.75 Å². The molecule has 1 amide bonds. The maximum absolute atomic E-state index is 11.9. The molecule has 2 N–H and O–H groups in total. The minimum atomic E-state index is -0.298. The van der Waals surface area contributed by atoms with Crippen LogP contribution in [0.2, 0.25) is 0 Å². The highest BCUT2D eigenvalue weighted by Gasteiger charge is 2.04. The molecule has 0 saturated carbocycles. The van der Waals surface area contributed by atoms with Crippen molar-refractivity contribution in [2.24, 2.45) is 0 Å². The van der Waals surface area contributed by atoms with Crippen molar-refractivity contribution in [3.63, 3.8) is 0 Å². The number of carbonyl (C=O) groups is 1. The molecule has 0 radical (unpaired) electrons. The van der Waals surface area contributed by atoms with E-state index in [-0.39, 0.29) is 11.0 Å². The van der Waals surface area contributed by atoms with Crippen LogP contribution in [0.1, 0.15) is 12.5 Å². The molecule has 0 spiro atoms. The van der Waals surface area contributed by atoms with Gasteiger partial charge in [0, 0.05) is 10.5 Å². The fraction of sp³-hybridized carbons (Fsp3) is 0.111. The van der Waals surface area contributed by atoms with Crippen LogP contribution in [0, 0.1) is 0 Å². The number of carbonyl (C=O) groups excluding carboxylic acids is 1. The van der Waals surface area contributed by atoms with E-state index in [0.717, 1.165) is 21.5 Å². The number of nitrogens with one attached hydrogen (secondary N) is 2. The van der Waals surface area contributed by atoms with Crippen LogP contribution in [0.3, 0.4) is 0 Å². The van der Waals surface area contributed by atoms with Crippen molar-refractivity contribution in [1.82, 2.24) is 5.32 Å². The first-order chi connectivity index (χ1) is 11.6. The molecule has 4 nitrogen and oxygen atoms in total. The normalized spacial score (nSPS) is 10.4. The second-order valence-corrected chi connectivity index (χ2v) is 6.02. The Bertz CT molecular complexity index is 745. The van der Waals surface area contributed by atoms with Gasteiger partial charge in [-0.05, 0) is 71.0 Å². The van der Waals surface area contributed by atoms with Crippen molar-refractivity contribution in [2.45, 2.75) is 6.92 Å². The van der Waals surface area contributed by atoms with E-state index in [1.807, 2.05) is 55.5 Å². The van der Waals surface area contributed by atoms with E-state index in [1.165, 1.54) is 6.08 Å². The molecule has 0 atom stereocenters. The number of hydrogen-bond acceptors (Lipinski definition) is 3. The standard InChI is InChI=1S/C18H17BrN2O2S/c1-2-23-14-10-7-13(8-11-14)9-12-17(22)21-18(24)20-16-6-4-3-5-15(16)19/h3-12H,2H2,1H3,(H2,20,21,22,24)/b12-9+. The molecular formula is C18H17BrN2O2S. The Labute approximate surface area is 155 Å². The molecule has 2 aromatic rings. The van der Waals surface area contributed by atoms with Gasteiger partial charge in [-0.2, -0.15) is 0 Å². The summed E-state index contributed by atoms with van der Waals surface area (Å²) in [5.74, 6) is 0.506. The Hall–Kier alpha value is -2.18. The second-order valence-electron chi connectivity index (χ2n) is 4.76. The number of amides is 1. The summed E-state index contributed by atoms with van der Waals surface area (Å²) < 4.78 is 6.24. The first-order valence-corrected chi connectivity index (χ1v) is 8.56. The molecule has 124 valence electrons. The summed E-state index contributed by atoms with van der Waals surface area (Å²) in [6, 6.07) is 15.0. The number of rotatable bonds is 5. The highest BCUT2D eigenvalue weighted by molar-refractivity contribution is 9.10. The topological polar surface area (TPSA) is 50.4 Å². The molecule has 0 aromatic heterocycles. The molecule has 0 aliphatic carbocycles. The summed E-state index contributed by atoms with van der Waals surface area (Å²) in [5, 5.41) is 5.81. The monoisotopic (exact) mass is 404 g/mol. The first kappa shape index (κ1) is 18.2. The van der Waals surface area contributed by atoms with Crippen molar-refractivity contribution in [3.05, 3.63) is 64.6 Å². The van der Waals surface area contributed by atoms with Crippen LogP contribution in [0.15, 0.2) is 59.1 Å². The quantitative estimate of drug-likeness (QED) is 0.573. The number of para-hydroxylation sites is 1. The third-order valence-corrected chi connectivity index (χ3v) is 3.87. The molecule has 2 aromatic carbocycles. The molecule has 24 heavy (non-hydrogen) atoms. The molecule has 0 heterocycles. The third-order valence-electron chi connectivity index (χ3n) is 2.98. The number of anilines is 1.